The first-order valence-electron chi connectivity index (χ1n) is 5.53. The van der Waals surface area contributed by atoms with E-state index in [1.54, 1.807) is 13.0 Å². The van der Waals surface area contributed by atoms with E-state index in [-0.39, 0.29) is 15.8 Å². The normalized spacial score (nSPS) is 13.1. The van der Waals surface area contributed by atoms with Gasteiger partial charge in [0.25, 0.3) is 0 Å². The largest absolute Gasteiger partial charge is 0.355 e. The third-order valence-electron chi connectivity index (χ3n) is 2.26. The van der Waals surface area contributed by atoms with Crippen LogP contribution in [0.4, 0.5) is 0 Å². The maximum absolute atomic E-state index is 12.1. The molecule has 5 nitrogen and oxygen atoms in total. The van der Waals surface area contributed by atoms with E-state index in [1.165, 1.54) is 19.1 Å². The van der Waals surface area contributed by atoms with Crippen LogP contribution in [0.25, 0.3) is 0 Å². The Kier molecular flexibility index (Phi) is 5.79. The van der Waals surface area contributed by atoms with E-state index in [2.05, 4.69) is 26.0 Å². The number of halogens is 2. The number of hydrogen-bond donors (Lipinski definition) is 2. The smallest absolute Gasteiger partial charge is 0.242 e. The molecule has 0 unspecified atom stereocenters. The number of nitrogens with one attached hydrogen (secondary N) is 2. The van der Waals surface area contributed by atoms with Gasteiger partial charge in [0.2, 0.25) is 15.9 Å². The van der Waals surface area contributed by atoms with Crippen LogP contribution in [0.15, 0.2) is 27.6 Å². The van der Waals surface area contributed by atoms with Crippen molar-refractivity contribution < 1.29 is 13.2 Å². The fourth-order valence-electron chi connectivity index (χ4n) is 1.37. The predicted molar refractivity (Wildman–Crippen MR) is 77.6 cm³/mol. The molecule has 1 aromatic rings. The predicted octanol–water partition coefficient (Wildman–Crippen LogP) is 1.91. The lowest BCUT2D eigenvalue weighted by molar-refractivity contribution is -0.122. The molecule has 1 aromatic carbocycles. The molecule has 0 aromatic heterocycles. The van der Waals surface area contributed by atoms with E-state index in [0.717, 1.165) is 0 Å². The molecule has 0 saturated carbocycles. The third kappa shape index (κ3) is 4.45. The van der Waals surface area contributed by atoms with Gasteiger partial charge in [-0.05, 0) is 32.0 Å². The highest BCUT2D eigenvalue weighted by molar-refractivity contribution is 9.10. The van der Waals surface area contributed by atoms with Crippen molar-refractivity contribution in [2.24, 2.45) is 0 Å². The van der Waals surface area contributed by atoms with Crippen molar-refractivity contribution in [3.63, 3.8) is 0 Å². The Labute approximate surface area is 125 Å². The van der Waals surface area contributed by atoms with Crippen LogP contribution in [0, 0.1) is 0 Å². The van der Waals surface area contributed by atoms with Crippen LogP contribution < -0.4 is 10.0 Å². The fourth-order valence-corrected chi connectivity index (χ4v) is 3.61. The SMILES string of the molecule is CCNC(=O)[C@@H](C)NS(=O)(=O)c1ccc(Br)cc1Cl. The zero-order chi connectivity index (χ0) is 14.6. The number of rotatable bonds is 5. The molecule has 0 saturated heterocycles. The average Bonchev–Trinajstić information content (AvgIpc) is 2.27. The third-order valence-corrected chi connectivity index (χ3v) is 4.78. The molecule has 0 spiro atoms. The van der Waals surface area contributed by atoms with Crippen LogP contribution in [0.5, 0.6) is 0 Å². The molecule has 0 aliphatic carbocycles. The lowest BCUT2D eigenvalue weighted by Crippen LogP contribution is -2.44. The van der Waals surface area contributed by atoms with Crippen LogP contribution in [0.1, 0.15) is 13.8 Å². The molecular formula is C11H14BrClN2O3S. The highest BCUT2D eigenvalue weighted by Gasteiger charge is 2.23. The zero-order valence-corrected chi connectivity index (χ0v) is 13.6. The Morgan fingerprint density at radius 1 is 1.47 bits per heavy atom. The molecule has 1 amide bonds. The van der Waals surface area contributed by atoms with Crippen molar-refractivity contribution in [1.29, 1.82) is 0 Å². The number of hydrogen-bond acceptors (Lipinski definition) is 3. The Morgan fingerprint density at radius 2 is 2.11 bits per heavy atom. The minimum Gasteiger partial charge on any atom is -0.355 e. The Bertz CT molecular complexity index is 577. The molecule has 19 heavy (non-hydrogen) atoms. The first-order valence-corrected chi connectivity index (χ1v) is 8.18. The van der Waals surface area contributed by atoms with Crippen LogP contribution in [-0.4, -0.2) is 26.9 Å². The van der Waals surface area contributed by atoms with Crippen LogP contribution in [-0.2, 0) is 14.8 Å². The topological polar surface area (TPSA) is 75.3 Å². The average molecular weight is 370 g/mol. The van der Waals surface area contributed by atoms with Crippen LogP contribution in [0.2, 0.25) is 5.02 Å². The van der Waals surface area contributed by atoms with Crippen LogP contribution >= 0.6 is 27.5 Å². The lowest BCUT2D eigenvalue weighted by Gasteiger charge is -2.14. The van der Waals surface area contributed by atoms with E-state index in [9.17, 15) is 13.2 Å². The Balaban J connectivity index is 2.95. The van der Waals surface area contributed by atoms with Gasteiger partial charge in [0, 0.05) is 11.0 Å². The van der Waals surface area contributed by atoms with Gasteiger partial charge in [-0.15, -0.1) is 0 Å². The van der Waals surface area contributed by atoms with Gasteiger partial charge < -0.3 is 5.32 Å². The van der Waals surface area contributed by atoms with Gasteiger partial charge in [-0.3, -0.25) is 4.79 Å². The van der Waals surface area contributed by atoms with Crippen molar-refractivity contribution in [3.05, 3.63) is 27.7 Å². The Hall–Kier alpha value is -0.630. The first-order chi connectivity index (χ1) is 8.77. The molecule has 2 N–H and O–H groups in total. The molecule has 1 rings (SSSR count). The van der Waals surface area contributed by atoms with Gasteiger partial charge in [-0.25, -0.2) is 8.42 Å². The lowest BCUT2D eigenvalue weighted by atomic mass is 10.3. The molecule has 106 valence electrons. The maximum Gasteiger partial charge on any atom is 0.242 e. The number of carbonyl (C=O) groups is 1. The van der Waals surface area contributed by atoms with E-state index < -0.39 is 16.1 Å². The molecule has 0 bridgehead atoms. The highest BCUT2D eigenvalue weighted by Crippen LogP contribution is 2.25. The molecular weight excluding hydrogens is 356 g/mol. The summed E-state index contributed by atoms with van der Waals surface area (Å²) in [5.74, 6) is -0.390. The van der Waals surface area contributed by atoms with Crippen molar-refractivity contribution >= 4 is 43.5 Å². The molecule has 0 aliphatic heterocycles. The summed E-state index contributed by atoms with van der Waals surface area (Å²) in [6.45, 7) is 3.66. The molecule has 0 fully saturated rings. The summed E-state index contributed by atoms with van der Waals surface area (Å²) in [4.78, 5) is 11.5. The van der Waals surface area contributed by atoms with Crippen molar-refractivity contribution in [2.45, 2.75) is 24.8 Å². The minimum absolute atomic E-state index is 0.0616. The molecule has 0 heterocycles. The van der Waals surface area contributed by atoms with Gasteiger partial charge >= 0.3 is 0 Å². The van der Waals surface area contributed by atoms with Crippen molar-refractivity contribution in [3.8, 4) is 0 Å². The number of benzene rings is 1. The second kappa shape index (κ2) is 6.69. The highest BCUT2D eigenvalue weighted by atomic mass is 79.9. The summed E-state index contributed by atoms with van der Waals surface area (Å²) in [5.41, 5.74) is 0. The first kappa shape index (κ1) is 16.4. The van der Waals surface area contributed by atoms with Gasteiger partial charge in [0.15, 0.2) is 0 Å². The number of carbonyl (C=O) groups excluding carboxylic acids is 1. The second-order valence-corrected chi connectivity index (χ2v) is 6.82. The molecule has 1 atom stereocenters. The summed E-state index contributed by atoms with van der Waals surface area (Å²) in [5, 5.41) is 2.62. The molecule has 8 heteroatoms. The van der Waals surface area contributed by atoms with Gasteiger partial charge in [-0.2, -0.15) is 4.72 Å². The Morgan fingerprint density at radius 3 is 2.63 bits per heavy atom. The monoisotopic (exact) mass is 368 g/mol. The summed E-state index contributed by atoms with van der Waals surface area (Å²) < 4.78 is 27.1. The second-order valence-electron chi connectivity index (χ2n) is 3.81. The van der Waals surface area contributed by atoms with E-state index in [1.807, 2.05) is 0 Å². The summed E-state index contributed by atoms with van der Waals surface area (Å²) >= 11 is 9.08. The molecule has 0 aliphatic rings. The van der Waals surface area contributed by atoms with E-state index in [0.29, 0.717) is 11.0 Å². The summed E-state index contributed by atoms with van der Waals surface area (Å²) in [6.07, 6.45) is 0. The van der Waals surface area contributed by atoms with E-state index in [4.69, 9.17) is 11.6 Å². The zero-order valence-electron chi connectivity index (χ0n) is 10.4. The summed E-state index contributed by atoms with van der Waals surface area (Å²) in [6, 6.07) is 3.55. The molecule has 0 radical (unpaired) electrons. The quantitative estimate of drug-likeness (QED) is 0.832. The van der Waals surface area contributed by atoms with Gasteiger partial charge in [-0.1, -0.05) is 27.5 Å². The van der Waals surface area contributed by atoms with E-state index >= 15 is 0 Å². The number of amides is 1. The van der Waals surface area contributed by atoms with Crippen LogP contribution in [0.3, 0.4) is 0 Å². The minimum atomic E-state index is -3.83. The maximum atomic E-state index is 12.1. The number of sulfonamides is 1. The number of likely N-dealkylation sites (N-methyl/N-ethyl adjacent to an activating group) is 1. The fraction of sp³-hybridized carbons (Fsp3) is 0.364. The standard InChI is InChI=1S/C11H14BrClN2O3S/c1-3-14-11(16)7(2)15-19(17,18)10-5-4-8(12)6-9(10)13/h4-7,15H,3H2,1-2H3,(H,14,16)/t7-/m1/s1. The van der Waals surface area contributed by atoms with Gasteiger partial charge in [0.1, 0.15) is 4.90 Å². The van der Waals surface area contributed by atoms with Gasteiger partial charge in [0.05, 0.1) is 11.1 Å². The van der Waals surface area contributed by atoms with Crippen molar-refractivity contribution in [1.82, 2.24) is 10.0 Å². The van der Waals surface area contributed by atoms with Crippen molar-refractivity contribution in [2.75, 3.05) is 6.54 Å². The summed E-state index contributed by atoms with van der Waals surface area (Å²) in [7, 11) is -3.83.